The summed E-state index contributed by atoms with van der Waals surface area (Å²) in [5, 5.41) is 0. The van der Waals surface area contributed by atoms with Gasteiger partial charge >= 0.3 is 5.97 Å². The van der Waals surface area contributed by atoms with Crippen LogP contribution in [0.15, 0.2) is 0 Å². The molecule has 4 fully saturated rings. The lowest BCUT2D eigenvalue weighted by Crippen LogP contribution is -2.70. The quantitative estimate of drug-likeness (QED) is 0.465. The third-order valence-corrected chi connectivity index (χ3v) is 9.83. The van der Waals surface area contributed by atoms with E-state index in [0.29, 0.717) is 38.5 Å². The normalized spacial score (nSPS) is 46.7. The van der Waals surface area contributed by atoms with Crippen molar-refractivity contribution in [1.82, 2.24) is 0 Å². The maximum Gasteiger partial charge on any atom is 0.306 e. The van der Waals surface area contributed by atoms with Gasteiger partial charge in [0, 0.05) is 42.4 Å². The number of esters is 1. The predicted octanol–water partition coefficient (Wildman–Crippen LogP) is 4.37. The number of hydrogen-bond donors (Lipinski definition) is 0. The van der Waals surface area contributed by atoms with Crippen molar-refractivity contribution in [2.45, 2.75) is 89.8 Å². The number of fused-ring (bicyclic) bond motifs is 5. The van der Waals surface area contributed by atoms with Crippen LogP contribution in [0.3, 0.4) is 0 Å². The molecule has 4 rings (SSSR count). The summed E-state index contributed by atoms with van der Waals surface area (Å²) in [6, 6.07) is 0. The van der Waals surface area contributed by atoms with Crippen LogP contribution in [0, 0.1) is 28.6 Å². The van der Waals surface area contributed by atoms with Crippen molar-refractivity contribution in [2.75, 3.05) is 5.88 Å². The molecule has 0 spiro atoms. The van der Waals surface area contributed by atoms with Crippen molar-refractivity contribution >= 4 is 34.9 Å². The van der Waals surface area contributed by atoms with Gasteiger partial charge in [-0.05, 0) is 43.9 Å². The Morgan fingerprint density at radius 2 is 1.81 bits per heavy atom. The van der Waals surface area contributed by atoms with Gasteiger partial charge in [-0.25, -0.2) is 4.39 Å². The Morgan fingerprint density at radius 1 is 1.10 bits per heavy atom. The van der Waals surface area contributed by atoms with Gasteiger partial charge in [-0.2, -0.15) is 0 Å². The molecule has 0 amide bonds. The Hall–Kier alpha value is -1.30. The Bertz CT molecular complexity index is 844. The summed E-state index contributed by atoms with van der Waals surface area (Å²) >= 11 is 5.94. The van der Waals surface area contributed by atoms with Crippen LogP contribution in [0.2, 0.25) is 0 Å². The number of ketones is 3. The average Bonchev–Trinajstić information content (AvgIpc) is 3.01. The topological polar surface area (TPSA) is 77.5 Å². The Kier molecular flexibility index (Phi) is 5.43. The number of rotatable bonds is 4. The second-order valence-corrected chi connectivity index (χ2v) is 10.9. The monoisotopic (exact) mass is 454 g/mol. The minimum absolute atomic E-state index is 0.107. The molecule has 4 aliphatic carbocycles. The minimum atomic E-state index is -2.02. The molecule has 0 aliphatic heterocycles. The van der Waals surface area contributed by atoms with Gasteiger partial charge in [-0.1, -0.05) is 20.8 Å². The van der Waals surface area contributed by atoms with E-state index in [1.807, 2.05) is 13.8 Å². The lowest BCUT2D eigenvalue weighted by molar-refractivity contribution is -0.213. The van der Waals surface area contributed by atoms with Crippen LogP contribution in [0.5, 0.6) is 0 Å². The Morgan fingerprint density at radius 3 is 2.45 bits per heavy atom. The lowest BCUT2D eigenvalue weighted by Gasteiger charge is -2.62. The van der Waals surface area contributed by atoms with Crippen LogP contribution in [-0.2, 0) is 23.9 Å². The number of carbonyl (C=O) groups excluding carboxylic acids is 4. The zero-order valence-electron chi connectivity index (χ0n) is 18.6. The van der Waals surface area contributed by atoms with Gasteiger partial charge in [0.1, 0.15) is 5.78 Å². The molecule has 7 heteroatoms. The van der Waals surface area contributed by atoms with E-state index in [2.05, 4.69) is 0 Å². The third kappa shape index (κ3) is 2.79. The number of hydrogen-bond acceptors (Lipinski definition) is 5. The van der Waals surface area contributed by atoms with Crippen molar-refractivity contribution in [3.05, 3.63) is 0 Å². The molecular weight excluding hydrogens is 423 g/mol. The van der Waals surface area contributed by atoms with Crippen molar-refractivity contribution in [3.63, 3.8) is 0 Å². The second-order valence-electron chi connectivity index (χ2n) is 10.6. The van der Waals surface area contributed by atoms with Crippen molar-refractivity contribution in [3.8, 4) is 0 Å². The first-order valence-electron chi connectivity index (χ1n) is 11.5. The van der Waals surface area contributed by atoms with E-state index in [4.69, 9.17) is 16.3 Å². The predicted molar refractivity (Wildman–Crippen MR) is 112 cm³/mol. The summed E-state index contributed by atoms with van der Waals surface area (Å²) in [6.07, 6.45) is 2.97. The summed E-state index contributed by atoms with van der Waals surface area (Å²) in [5.41, 5.74) is -5.35. The summed E-state index contributed by atoms with van der Waals surface area (Å²) in [4.78, 5) is 51.1. The number of carbonyl (C=O) groups is 4. The van der Waals surface area contributed by atoms with Crippen molar-refractivity contribution in [1.29, 1.82) is 0 Å². The molecule has 31 heavy (non-hydrogen) atoms. The average molecular weight is 455 g/mol. The molecule has 5 nitrogen and oxygen atoms in total. The van der Waals surface area contributed by atoms with Gasteiger partial charge in [0.05, 0.1) is 5.88 Å². The standard InChI is InChI=1S/C24H32ClFO5/c1-4-20(30)31-23(19(29)13-25)10-8-16-17-6-5-14-11-15(27)7-9-21(14,2)24(17,26)18(28)12-22(16,23)3/h14,16-17H,4-13H2,1-3H3/t14?,16-,17-,21-,22-,23-,24-/m0/s1. The fourth-order valence-corrected chi connectivity index (χ4v) is 8.03. The Labute approximate surface area is 187 Å². The molecule has 0 aromatic rings. The van der Waals surface area contributed by atoms with Gasteiger partial charge in [0.2, 0.25) is 0 Å². The van der Waals surface area contributed by atoms with Crippen LogP contribution in [0.1, 0.15) is 78.6 Å². The first-order chi connectivity index (χ1) is 14.5. The largest absolute Gasteiger partial charge is 0.450 e. The SMILES string of the molecule is CCC(=O)O[C@]1(C(=O)CCl)CC[C@H]2[C@@H]3CCC4CC(=O)CC[C@]4(C)[C@@]3(F)C(=O)C[C@@]21C. The maximum absolute atomic E-state index is 17.1. The van der Waals surface area contributed by atoms with Crippen LogP contribution in [0.4, 0.5) is 4.39 Å². The summed E-state index contributed by atoms with van der Waals surface area (Å²) in [5.74, 6) is -2.51. The molecule has 4 aliphatic rings. The lowest BCUT2D eigenvalue weighted by atomic mass is 9.42. The highest BCUT2D eigenvalue weighted by Gasteiger charge is 2.76. The first kappa shape index (κ1) is 22.9. The van der Waals surface area contributed by atoms with E-state index < -0.39 is 45.6 Å². The molecule has 0 saturated heterocycles. The molecule has 1 unspecified atom stereocenters. The van der Waals surface area contributed by atoms with Gasteiger partial charge < -0.3 is 4.74 Å². The number of alkyl halides is 2. The summed E-state index contributed by atoms with van der Waals surface area (Å²) in [7, 11) is 0. The van der Waals surface area contributed by atoms with E-state index in [1.165, 1.54) is 0 Å². The number of Topliss-reactive ketones (excluding diaryl/α,β-unsaturated/α-hetero) is 3. The molecular formula is C24H32ClFO5. The van der Waals surface area contributed by atoms with Crippen LogP contribution < -0.4 is 0 Å². The van der Waals surface area contributed by atoms with E-state index in [9.17, 15) is 19.2 Å². The fraction of sp³-hybridized carbons (Fsp3) is 0.833. The van der Waals surface area contributed by atoms with Crippen molar-refractivity contribution < 1.29 is 28.3 Å². The highest BCUT2D eigenvalue weighted by atomic mass is 35.5. The molecule has 0 aromatic carbocycles. The van der Waals surface area contributed by atoms with Gasteiger partial charge in [0.15, 0.2) is 22.8 Å². The van der Waals surface area contributed by atoms with Crippen LogP contribution in [0.25, 0.3) is 0 Å². The zero-order chi connectivity index (χ0) is 22.8. The smallest absolute Gasteiger partial charge is 0.306 e. The molecule has 0 bridgehead atoms. The van der Waals surface area contributed by atoms with Crippen LogP contribution >= 0.6 is 11.6 Å². The van der Waals surface area contributed by atoms with E-state index in [0.717, 1.165) is 0 Å². The fourth-order valence-electron chi connectivity index (χ4n) is 7.81. The second kappa shape index (κ2) is 7.36. The third-order valence-electron chi connectivity index (χ3n) is 9.58. The molecule has 0 radical (unpaired) electrons. The molecule has 0 aromatic heterocycles. The number of ether oxygens (including phenoxy) is 1. The van der Waals surface area contributed by atoms with Crippen LogP contribution in [-0.4, -0.2) is 40.5 Å². The summed E-state index contributed by atoms with van der Waals surface area (Å²) < 4.78 is 22.8. The molecule has 0 heterocycles. The van der Waals surface area contributed by atoms with Crippen molar-refractivity contribution in [2.24, 2.45) is 28.6 Å². The van der Waals surface area contributed by atoms with E-state index in [-0.39, 0.29) is 42.8 Å². The first-order valence-corrected chi connectivity index (χ1v) is 12.1. The van der Waals surface area contributed by atoms with Gasteiger partial charge in [-0.3, -0.25) is 19.2 Å². The van der Waals surface area contributed by atoms with Gasteiger partial charge in [-0.15, -0.1) is 11.6 Å². The van der Waals surface area contributed by atoms with E-state index in [1.54, 1.807) is 6.92 Å². The molecule has 0 N–H and O–H groups in total. The number of halogens is 2. The molecule has 4 saturated carbocycles. The van der Waals surface area contributed by atoms with E-state index >= 15 is 4.39 Å². The Balaban J connectivity index is 1.78. The zero-order valence-corrected chi connectivity index (χ0v) is 19.4. The minimum Gasteiger partial charge on any atom is -0.450 e. The molecule has 172 valence electrons. The summed E-state index contributed by atoms with van der Waals surface area (Å²) in [6.45, 7) is 5.31. The molecule has 7 atom stereocenters. The highest BCUT2D eigenvalue weighted by Crippen LogP contribution is 2.70. The van der Waals surface area contributed by atoms with Gasteiger partial charge in [0.25, 0.3) is 0 Å². The highest BCUT2D eigenvalue weighted by molar-refractivity contribution is 6.29. The maximum atomic E-state index is 17.1.